The van der Waals surface area contributed by atoms with Crippen molar-refractivity contribution in [2.24, 2.45) is 0 Å². The lowest BCUT2D eigenvalue weighted by atomic mass is 9.84. The second kappa shape index (κ2) is 14.0. The van der Waals surface area contributed by atoms with E-state index in [1.54, 1.807) is 19.1 Å². The van der Waals surface area contributed by atoms with Crippen LogP contribution >= 0.6 is 11.6 Å². The highest BCUT2D eigenvalue weighted by Gasteiger charge is 2.45. The molecule has 8 nitrogen and oxygen atoms in total. The fourth-order valence-corrected chi connectivity index (χ4v) is 6.49. The van der Waals surface area contributed by atoms with Crippen LogP contribution in [-0.4, -0.2) is 5.87 Å². The fraction of sp³-hybridized carbons (Fsp3) is 0.175. The smallest absolute Gasteiger partial charge is 0.172 e. The van der Waals surface area contributed by atoms with E-state index >= 15 is 0 Å². The van der Waals surface area contributed by atoms with Gasteiger partial charge in [-0.1, -0.05) is 96.6 Å². The number of nitrogens with one attached hydrogen (secondary N) is 1. The number of halogens is 1. The SMILES string of the molecule is CC1(c2ccccc2)OC(=C(C#N)C#N)C(C#N)=C1/C=C/C1=C(Cl)C(=C\C=C2\C(C#N)=C(C(=C=N)C#N)OC2(C)c2ccccc2)/CCC1. The van der Waals surface area contributed by atoms with Crippen LogP contribution < -0.4 is 0 Å². The van der Waals surface area contributed by atoms with E-state index in [0.29, 0.717) is 29.0 Å². The number of hydrogen-bond acceptors (Lipinski definition) is 8. The van der Waals surface area contributed by atoms with Crippen LogP contribution in [0.25, 0.3) is 0 Å². The van der Waals surface area contributed by atoms with Crippen LogP contribution in [0.3, 0.4) is 0 Å². The molecular formula is C40H27ClN6O2. The summed E-state index contributed by atoms with van der Waals surface area (Å²) in [6.07, 6.45) is 9.29. The van der Waals surface area contributed by atoms with Crippen molar-refractivity contribution >= 4 is 17.5 Å². The molecule has 2 aromatic carbocycles. The number of hydrogen-bond donors (Lipinski definition) is 1. The number of nitriles is 5. The number of benzene rings is 2. The van der Waals surface area contributed by atoms with E-state index in [4.69, 9.17) is 26.5 Å². The van der Waals surface area contributed by atoms with Gasteiger partial charge in [0, 0.05) is 22.0 Å². The van der Waals surface area contributed by atoms with Gasteiger partial charge >= 0.3 is 0 Å². The zero-order chi connectivity index (χ0) is 35.2. The van der Waals surface area contributed by atoms with Crippen molar-refractivity contribution in [2.75, 3.05) is 0 Å². The maximum absolute atomic E-state index is 10.2. The molecule has 0 aromatic heterocycles. The van der Waals surface area contributed by atoms with Gasteiger partial charge in [0.05, 0.1) is 0 Å². The van der Waals surface area contributed by atoms with Crippen LogP contribution in [0.1, 0.15) is 44.2 Å². The molecule has 1 aliphatic carbocycles. The molecule has 0 fully saturated rings. The van der Waals surface area contributed by atoms with Gasteiger partial charge in [0.15, 0.2) is 33.9 Å². The molecular weight excluding hydrogens is 632 g/mol. The molecule has 0 radical (unpaired) electrons. The molecule has 3 aliphatic rings. The first kappa shape index (κ1) is 33.8. The third kappa shape index (κ3) is 6.01. The minimum Gasteiger partial charge on any atom is -0.475 e. The van der Waals surface area contributed by atoms with E-state index in [1.807, 2.05) is 97.9 Å². The van der Waals surface area contributed by atoms with Crippen LogP contribution in [0.2, 0.25) is 0 Å². The number of rotatable bonds is 6. The molecule has 236 valence electrons. The van der Waals surface area contributed by atoms with Crippen molar-refractivity contribution in [3.05, 3.63) is 157 Å². The molecule has 2 heterocycles. The van der Waals surface area contributed by atoms with Gasteiger partial charge in [0.25, 0.3) is 0 Å². The highest BCUT2D eigenvalue weighted by Crippen LogP contribution is 2.49. The molecule has 0 saturated heterocycles. The summed E-state index contributed by atoms with van der Waals surface area (Å²) in [6.45, 7) is 3.60. The number of nitrogens with zero attached hydrogens (tertiary/aromatic N) is 5. The molecule has 9 heteroatoms. The number of allylic oxidation sites excluding steroid dienone is 9. The van der Waals surface area contributed by atoms with Crippen molar-refractivity contribution < 1.29 is 9.47 Å². The molecule has 0 bridgehead atoms. The third-order valence-corrected chi connectivity index (χ3v) is 9.26. The lowest BCUT2D eigenvalue weighted by molar-refractivity contribution is 0.0752. The van der Waals surface area contributed by atoms with Crippen LogP contribution in [0.5, 0.6) is 0 Å². The lowest BCUT2D eigenvalue weighted by Crippen LogP contribution is -2.24. The second-order valence-electron chi connectivity index (χ2n) is 11.6. The summed E-state index contributed by atoms with van der Waals surface area (Å²) in [4.78, 5) is 0. The lowest BCUT2D eigenvalue weighted by Gasteiger charge is -2.27. The van der Waals surface area contributed by atoms with Gasteiger partial charge in [-0.15, -0.1) is 0 Å². The van der Waals surface area contributed by atoms with E-state index in [-0.39, 0.29) is 33.8 Å². The van der Waals surface area contributed by atoms with Gasteiger partial charge in [0.1, 0.15) is 41.5 Å². The first-order chi connectivity index (χ1) is 23.7. The average molecular weight is 659 g/mol. The summed E-state index contributed by atoms with van der Waals surface area (Å²) < 4.78 is 12.5. The normalized spacial score (nSPS) is 23.3. The van der Waals surface area contributed by atoms with Crippen molar-refractivity contribution in [3.8, 4) is 30.3 Å². The molecule has 2 atom stereocenters. The zero-order valence-corrected chi connectivity index (χ0v) is 27.4. The summed E-state index contributed by atoms with van der Waals surface area (Å²) in [7, 11) is 0. The zero-order valence-electron chi connectivity index (χ0n) is 26.6. The molecule has 2 aliphatic heterocycles. The van der Waals surface area contributed by atoms with Gasteiger partial charge in [-0.05, 0) is 55.4 Å². The third-order valence-electron chi connectivity index (χ3n) is 8.78. The Hall–Kier alpha value is -6.59. The number of ether oxygens (including phenoxy) is 2. The predicted molar refractivity (Wildman–Crippen MR) is 182 cm³/mol. The summed E-state index contributed by atoms with van der Waals surface area (Å²) in [5.41, 5.74) is 1.56. The van der Waals surface area contributed by atoms with Crippen LogP contribution in [0.15, 0.2) is 146 Å². The molecule has 2 aromatic rings. The van der Waals surface area contributed by atoms with Gasteiger partial charge < -0.3 is 9.47 Å². The molecule has 0 saturated carbocycles. The van der Waals surface area contributed by atoms with Crippen molar-refractivity contribution in [3.63, 3.8) is 0 Å². The molecule has 2 unspecified atom stereocenters. The van der Waals surface area contributed by atoms with Gasteiger partial charge in [-0.2, -0.15) is 26.3 Å². The largest absolute Gasteiger partial charge is 0.475 e. The van der Waals surface area contributed by atoms with E-state index in [1.165, 1.54) is 0 Å². The highest BCUT2D eigenvalue weighted by molar-refractivity contribution is 6.32. The van der Waals surface area contributed by atoms with Crippen LogP contribution in [0, 0.1) is 62.1 Å². The maximum atomic E-state index is 10.2. The van der Waals surface area contributed by atoms with Crippen molar-refractivity contribution in [2.45, 2.75) is 44.3 Å². The summed E-state index contributed by atoms with van der Waals surface area (Å²) in [6, 6.07) is 28.5. The van der Waals surface area contributed by atoms with E-state index < -0.39 is 11.2 Å². The van der Waals surface area contributed by atoms with Gasteiger partial charge in [-0.25, -0.2) is 0 Å². The van der Waals surface area contributed by atoms with E-state index in [2.05, 4.69) is 18.0 Å². The topological polar surface area (TPSA) is 161 Å². The Morgan fingerprint density at radius 2 is 1.39 bits per heavy atom. The summed E-state index contributed by atoms with van der Waals surface area (Å²) in [5, 5.41) is 57.3. The Kier molecular flexibility index (Phi) is 9.67. The summed E-state index contributed by atoms with van der Waals surface area (Å²) >= 11 is 7.02. The second-order valence-corrected chi connectivity index (χ2v) is 11.9. The van der Waals surface area contributed by atoms with E-state index in [9.17, 15) is 26.3 Å². The monoisotopic (exact) mass is 658 g/mol. The van der Waals surface area contributed by atoms with Crippen LogP contribution in [-0.2, 0) is 20.7 Å². The first-order valence-corrected chi connectivity index (χ1v) is 15.6. The Morgan fingerprint density at radius 3 is 1.94 bits per heavy atom. The molecule has 1 N–H and O–H groups in total. The Morgan fingerprint density at radius 1 is 0.776 bits per heavy atom. The van der Waals surface area contributed by atoms with E-state index in [0.717, 1.165) is 28.7 Å². The Labute approximate surface area is 289 Å². The minimum absolute atomic E-state index is 0.00361. The Bertz CT molecular complexity index is 2220. The van der Waals surface area contributed by atoms with Crippen molar-refractivity contribution in [1.82, 2.24) is 0 Å². The van der Waals surface area contributed by atoms with Crippen LogP contribution in [0.4, 0.5) is 0 Å². The first-order valence-electron chi connectivity index (χ1n) is 15.2. The van der Waals surface area contributed by atoms with Gasteiger partial charge in [-0.3, -0.25) is 5.41 Å². The van der Waals surface area contributed by atoms with Crippen molar-refractivity contribution in [1.29, 1.82) is 31.7 Å². The molecule has 0 amide bonds. The predicted octanol–water partition coefficient (Wildman–Crippen LogP) is 8.56. The highest BCUT2D eigenvalue weighted by atomic mass is 35.5. The minimum atomic E-state index is -1.16. The maximum Gasteiger partial charge on any atom is 0.172 e. The quantitative estimate of drug-likeness (QED) is 0.240. The molecule has 0 spiro atoms. The fourth-order valence-electron chi connectivity index (χ4n) is 6.18. The summed E-state index contributed by atoms with van der Waals surface area (Å²) in [5.74, 6) is 2.02. The molecule has 49 heavy (non-hydrogen) atoms. The molecule has 5 rings (SSSR count). The van der Waals surface area contributed by atoms with Gasteiger partial charge in [0.2, 0.25) is 0 Å². The Balaban J connectivity index is 1.62. The standard InChI is InChI=1S/C40H27ClN6O2/c1-39(30-12-5-3-6-13-30)34(32(24-46)37(48-39)28(20-42)21-43)18-16-26-10-9-11-27(36(26)41)17-19-35-33(25-47)38(29(22-44)23-45)49-40(35,2)31-14-7-4-8-15-31/h3-8,12-19,42H,9-11H2,1-2H3/b19-17+,26-16-,34-18-. The average Bonchev–Trinajstić information content (AvgIpc) is 3.59.